The summed E-state index contributed by atoms with van der Waals surface area (Å²) in [6.07, 6.45) is 5.03. The lowest BCUT2D eigenvalue weighted by atomic mass is 10.0. The van der Waals surface area contributed by atoms with E-state index >= 15 is 0 Å². The highest BCUT2D eigenvalue weighted by Gasteiger charge is 2.21. The standard InChI is InChI=1S/C28H32N2O6/c1-3-4-5-6-7-19(2)35-27-17-25(29)24(16-26(27)30(33)34)21-10-12-22(13-11-21)28(32)36-23-14-8-20(18-31)9-15-23/h8-17,19,31H,3-7,18,29H2,1-2H3. The maximum atomic E-state index is 12.5. The van der Waals surface area contributed by atoms with Gasteiger partial charge in [0.2, 0.25) is 0 Å². The summed E-state index contributed by atoms with van der Waals surface area (Å²) < 4.78 is 11.2. The molecule has 8 nitrogen and oxygen atoms in total. The van der Waals surface area contributed by atoms with Crippen LogP contribution in [0.1, 0.15) is 61.9 Å². The molecule has 1 unspecified atom stereocenters. The number of benzene rings is 3. The zero-order chi connectivity index (χ0) is 26.1. The molecule has 8 heteroatoms. The Bertz CT molecular complexity index is 1180. The quantitative estimate of drug-likeness (QED) is 0.0759. The van der Waals surface area contributed by atoms with Crippen molar-refractivity contribution in [3.63, 3.8) is 0 Å². The van der Waals surface area contributed by atoms with Crippen LogP contribution >= 0.6 is 0 Å². The molecule has 0 aromatic heterocycles. The van der Waals surface area contributed by atoms with E-state index < -0.39 is 10.9 Å². The highest BCUT2D eigenvalue weighted by Crippen LogP contribution is 2.38. The summed E-state index contributed by atoms with van der Waals surface area (Å²) in [4.78, 5) is 23.8. The number of esters is 1. The summed E-state index contributed by atoms with van der Waals surface area (Å²) in [5.41, 5.74) is 8.56. The Morgan fingerprint density at radius 2 is 1.75 bits per heavy atom. The second kappa shape index (κ2) is 12.7. The number of unbranched alkanes of at least 4 members (excludes halogenated alkanes) is 3. The summed E-state index contributed by atoms with van der Waals surface area (Å²) in [5.74, 6) is -0.0399. The predicted molar refractivity (Wildman–Crippen MR) is 139 cm³/mol. The van der Waals surface area contributed by atoms with Crippen LogP contribution in [0.5, 0.6) is 11.5 Å². The maximum Gasteiger partial charge on any atom is 0.343 e. The van der Waals surface area contributed by atoms with Crippen LogP contribution in [0.4, 0.5) is 11.4 Å². The van der Waals surface area contributed by atoms with Crippen molar-refractivity contribution in [2.24, 2.45) is 0 Å². The summed E-state index contributed by atoms with van der Waals surface area (Å²) in [7, 11) is 0. The highest BCUT2D eigenvalue weighted by molar-refractivity contribution is 5.92. The average molecular weight is 493 g/mol. The molecule has 0 saturated carbocycles. The topological polar surface area (TPSA) is 125 Å². The molecule has 0 fully saturated rings. The fourth-order valence-corrected chi connectivity index (χ4v) is 3.82. The second-order valence-corrected chi connectivity index (χ2v) is 8.71. The van der Waals surface area contributed by atoms with E-state index in [0.29, 0.717) is 33.7 Å². The van der Waals surface area contributed by atoms with E-state index in [0.717, 1.165) is 32.1 Å². The van der Waals surface area contributed by atoms with Crippen LogP contribution in [0.15, 0.2) is 60.7 Å². The van der Waals surface area contributed by atoms with Crippen LogP contribution in [-0.2, 0) is 6.61 Å². The van der Waals surface area contributed by atoms with Crippen LogP contribution in [0.2, 0.25) is 0 Å². The largest absolute Gasteiger partial charge is 0.484 e. The van der Waals surface area contributed by atoms with E-state index in [9.17, 15) is 14.9 Å². The Kier molecular flexibility index (Phi) is 9.41. The zero-order valence-electron chi connectivity index (χ0n) is 20.6. The van der Waals surface area contributed by atoms with Crippen molar-refractivity contribution < 1.29 is 24.3 Å². The first-order valence-electron chi connectivity index (χ1n) is 12.1. The number of rotatable bonds is 12. The summed E-state index contributed by atoms with van der Waals surface area (Å²) >= 11 is 0. The Labute approximate surface area is 210 Å². The fourth-order valence-electron chi connectivity index (χ4n) is 3.82. The molecule has 3 rings (SSSR count). The zero-order valence-corrected chi connectivity index (χ0v) is 20.6. The summed E-state index contributed by atoms with van der Waals surface area (Å²) in [6.45, 7) is 3.95. The van der Waals surface area contributed by atoms with Crippen molar-refractivity contribution >= 4 is 17.3 Å². The molecular weight excluding hydrogens is 460 g/mol. The number of nitro groups is 1. The normalized spacial score (nSPS) is 11.6. The van der Waals surface area contributed by atoms with Gasteiger partial charge in [-0.15, -0.1) is 0 Å². The molecule has 0 aliphatic rings. The molecule has 3 N–H and O–H groups in total. The number of ether oxygens (including phenoxy) is 2. The molecule has 0 amide bonds. The second-order valence-electron chi connectivity index (χ2n) is 8.71. The molecule has 0 bridgehead atoms. The van der Waals surface area contributed by atoms with Gasteiger partial charge in [-0.3, -0.25) is 10.1 Å². The number of carbonyl (C=O) groups excluding carboxylic acids is 1. The van der Waals surface area contributed by atoms with Crippen LogP contribution in [0.3, 0.4) is 0 Å². The Morgan fingerprint density at radius 1 is 1.06 bits per heavy atom. The van der Waals surface area contributed by atoms with Gasteiger partial charge in [-0.1, -0.05) is 50.5 Å². The third kappa shape index (κ3) is 7.05. The minimum Gasteiger partial charge on any atom is -0.484 e. The number of carbonyl (C=O) groups is 1. The Balaban J connectivity index is 1.75. The SMILES string of the molecule is CCCCCCC(C)Oc1cc(N)c(-c2ccc(C(=O)Oc3ccc(CO)cc3)cc2)cc1[N+](=O)[O-]. The van der Waals surface area contributed by atoms with Gasteiger partial charge in [-0.25, -0.2) is 4.79 Å². The third-order valence-corrected chi connectivity index (χ3v) is 5.87. The molecular formula is C28H32N2O6. The molecule has 0 radical (unpaired) electrons. The first-order chi connectivity index (χ1) is 17.3. The van der Waals surface area contributed by atoms with Crippen molar-refractivity contribution in [1.82, 2.24) is 0 Å². The molecule has 0 heterocycles. The van der Waals surface area contributed by atoms with E-state index in [4.69, 9.17) is 20.3 Å². The van der Waals surface area contributed by atoms with Crippen molar-refractivity contribution in [3.8, 4) is 22.6 Å². The molecule has 1 atom stereocenters. The van der Waals surface area contributed by atoms with Crippen molar-refractivity contribution in [1.29, 1.82) is 0 Å². The van der Waals surface area contributed by atoms with Crippen LogP contribution in [0, 0.1) is 10.1 Å². The van der Waals surface area contributed by atoms with Gasteiger partial charge in [0, 0.05) is 23.4 Å². The molecule has 3 aromatic carbocycles. The van der Waals surface area contributed by atoms with Crippen molar-refractivity contribution in [2.75, 3.05) is 5.73 Å². The first-order valence-corrected chi connectivity index (χ1v) is 12.1. The lowest BCUT2D eigenvalue weighted by molar-refractivity contribution is -0.386. The van der Waals surface area contributed by atoms with Gasteiger partial charge < -0.3 is 20.3 Å². The number of anilines is 1. The minimum atomic E-state index is -0.547. The molecule has 190 valence electrons. The number of nitrogens with zero attached hydrogens (tertiary/aromatic N) is 1. The van der Waals surface area contributed by atoms with E-state index in [2.05, 4.69) is 6.92 Å². The lowest BCUT2D eigenvalue weighted by Crippen LogP contribution is -2.13. The minimum absolute atomic E-state index is 0.0951. The first kappa shape index (κ1) is 26.7. The van der Waals surface area contributed by atoms with Gasteiger partial charge in [-0.2, -0.15) is 0 Å². The average Bonchev–Trinajstić information content (AvgIpc) is 2.87. The number of aliphatic hydroxyl groups is 1. The van der Waals surface area contributed by atoms with Gasteiger partial charge in [0.25, 0.3) is 0 Å². The Morgan fingerprint density at radius 3 is 2.36 bits per heavy atom. The van der Waals surface area contributed by atoms with Gasteiger partial charge >= 0.3 is 11.7 Å². The summed E-state index contributed by atoms with van der Waals surface area (Å²) in [6, 6.07) is 15.9. The third-order valence-electron chi connectivity index (χ3n) is 5.87. The van der Waals surface area contributed by atoms with E-state index in [1.165, 1.54) is 12.1 Å². The van der Waals surface area contributed by atoms with Gasteiger partial charge in [0.15, 0.2) is 5.75 Å². The van der Waals surface area contributed by atoms with E-state index in [-0.39, 0.29) is 24.1 Å². The number of nitrogens with two attached hydrogens (primary N) is 1. The molecule has 0 saturated heterocycles. The molecule has 0 spiro atoms. The summed E-state index contributed by atoms with van der Waals surface area (Å²) in [5, 5.41) is 20.9. The van der Waals surface area contributed by atoms with E-state index in [1.807, 2.05) is 6.92 Å². The number of hydrogen-bond donors (Lipinski definition) is 2. The number of nitrogen functional groups attached to an aromatic ring is 1. The molecule has 36 heavy (non-hydrogen) atoms. The maximum absolute atomic E-state index is 12.5. The molecule has 3 aromatic rings. The number of hydrogen-bond acceptors (Lipinski definition) is 7. The smallest absolute Gasteiger partial charge is 0.343 e. The fraction of sp³-hybridized carbons (Fsp3) is 0.321. The monoisotopic (exact) mass is 492 g/mol. The van der Waals surface area contributed by atoms with Gasteiger partial charge in [0.1, 0.15) is 5.75 Å². The number of nitro benzene ring substituents is 1. The molecule has 0 aliphatic carbocycles. The number of aliphatic hydroxyl groups excluding tert-OH is 1. The molecule has 0 aliphatic heterocycles. The van der Waals surface area contributed by atoms with Gasteiger partial charge in [0.05, 0.1) is 23.2 Å². The lowest BCUT2D eigenvalue weighted by Gasteiger charge is -2.16. The van der Waals surface area contributed by atoms with Crippen molar-refractivity contribution in [3.05, 3.63) is 81.9 Å². The van der Waals surface area contributed by atoms with E-state index in [1.54, 1.807) is 48.5 Å². The van der Waals surface area contributed by atoms with Gasteiger partial charge in [-0.05, 0) is 55.2 Å². The van der Waals surface area contributed by atoms with Crippen molar-refractivity contribution in [2.45, 2.75) is 58.7 Å². The highest BCUT2D eigenvalue weighted by atomic mass is 16.6. The van der Waals surface area contributed by atoms with Crippen LogP contribution in [0.25, 0.3) is 11.1 Å². The van der Waals surface area contributed by atoms with Crippen LogP contribution in [-0.4, -0.2) is 22.1 Å². The predicted octanol–water partition coefficient (Wildman–Crippen LogP) is 6.29. The Hall–Kier alpha value is -3.91. The van der Waals surface area contributed by atoms with Crippen LogP contribution < -0.4 is 15.2 Å².